The first-order valence-electron chi connectivity index (χ1n) is 8.78. The van der Waals surface area contributed by atoms with Crippen molar-refractivity contribution >= 4 is 11.6 Å². The molecule has 5 nitrogen and oxygen atoms in total. The molecule has 1 aliphatic heterocycles. The van der Waals surface area contributed by atoms with Gasteiger partial charge in [0.15, 0.2) is 11.5 Å². The predicted octanol–water partition coefficient (Wildman–Crippen LogP) is 4.61. The molecule has 0 aromatic heterocycles. The Morgan fingerprint density at radius 1 is 1.14 bits per heavy atom. The van der Waals surface area contributed by atoms with E-state index in [2.05, 4.69) is 5.32 Å². The van der Waals surface area contributed by atoms with Gasteiger partial charge in [0.1, 0.15) is 12.7 Å². The van der Waals surface area contributed by atoms with Crippen molar-refractivity contribution in [3.05, 3.63) is 53.6 Å². The van der Waals surface area contributed by atoms with Crippen LogP contribution in [0, 0.1) is 0 Å². The Balaban J connectivity index is 2.14. The first-order chi connectivity index (χ1) is 13.2. The molecule has 8 heteroatoms. The number of benzene rings is 2. The van der Waals surface area contributed by atoms with E-state index in [1.54, 1.807) is 50.2 Å². The third-order valence-corrected chi connectivity index (χ3v) is 4.25. The van der Waals surface area contributed by atoms with Crippen LogP contribution in [0.5, 0.6) is 11.5 Å². The molecule has 0 fully saturated rings. The molecule has 1 N–H and O–H groups in total. The Bertz CT molecular complexity index is 868. The fraction of sp³-hybridized carbons (Fsp3) is 0.350. The van der Waals surface area contributed by atoms with Gasteiger partial charge in [0.2, 0.25) is 0 Å². The first-order valence-corrected chi connectivity index (χ1v) is 8.78. The van der Waals surface area contributed by atoms with Crippen LogP contribution in [-0.2, 0) is 0 Å². The SMILES string of the molecule is COc1cccc([C@H]2Nc3ccccc3C(=O)N2CC(F)(F)F)c1OC(C)C. The number of fused-ring (bicyclic) bond motifs is 1. The van der Waals surface area contributed by atoms with Gasteiger partial charge < -0.3 is 19.7 Å². The van der Waals surface area contributed by atoms with Gasteiger partial charge >= 0.3 is 6.18 Å². The van der Waals surface area contributed by atoms with Crippen molar-refractivity contribution in [3.8, 4) is 11.5 Å². The van der Waals surface area contributed by atoms with Gasteiger partial charge in [0.05, 0.1) is 18.8 Å². The van der Waals surface area contributed by atoms with Crippen molar-refractivity contribution in [1.29, 1.82) is 0 Å². The van der Waals surface area contributed by atoms with Crippen LogP contribution in [-0.4, -0.2) is 36.7 Å². The number of amides is 1. The molecule has 3 rings (SSSR count). The van der Waals surface area contributed by atoms with Gasteiger partial charge in [0, 0.05) is 11.3 Å². The van der Waals surface area contributed by atoms with Crippen LogP contribution in [0.2, 0.25) is 0 Å². The number of carbonyl (C=O) groups excluding carboxylic acids is 1. The lowest BCUT2D eigenvalue weighted by molar-refractivity contribution is -0.144. The van der Waals surface area contributed by atoms with Crippen LogP contribution in [0.15, 0.2) is 42.5 Å². The van der Waals surface area contributed by atoms with E-state index in [0.717, 1.165) is 4.90 Å². The summed E-state index contributed by atoms with van der Waals surface area (Å²) in [6, 6.07) is 11.4. The molecule has 2 aromatic rings. The number of carbonyl (C=O) groups is 1. The number of halogens is 3. The first kappa shape index (κ1) is 19.9. The number of anilines is 1. The normalized spacial score (nSPS) is 16.6. The molecule has 2 aromatic carbocycles. The second-order valence-electron chi connectivity index (χ2n) is 6.69. The second kappa shape index (κ2) is 7.61. The summed E-state index contributed by atoms with van der Waals surface area (Å²) in [4.78, 5) is 13.6. The third-order valence-electron chi connectivity index (χ3n) is 4.25. The number of alkyl halides is 3. The lowest BCUT2D eigenvalue weighted by Crippen LogP contribution is -2.47. The number of rotatable bonds is 5. The van der Waals surface area contributed by atoms with Gasteiger partial charge in [0.25, 0.3) is 5.91 Å². The Labute approximate surface area is 161 Å². The van der Waals surface area contributed by atoms with Gasteiger partial charge in [-0.15, -0.1) is 0 Å². The van der Waals surface area contributed by atoms with E-state index in [1.165, 1.54) is 13.2 Å². The maximum absolute atomic E-state index is 13.3. The number of hydrogen-bond donors (Lipinski definition) is 1. The molecule has 0 aliphatic carbocycles. The molecule has 0 saturated heterocycles. The average Bonchev–Trinajstić information content (AvgIpc) is 2.63. The van der Waals surface area contributed by atoms with Crippen molar-refractivity contribution in [2.75, 3.05) is 19.0 Å². The molecule has 1 heterocycles. The van der Waals surface area contributed by atoms with E-state index in [9.17, 15) is 18.0 Å². The summed E-state index contributed by atoms with van der Waals surface area (Å²) in [5.74, 6) is -0.0156. The molecule has 1 atom stereocenters. The Kier molecular flexibility index (Phi) is 5.40. The van der Waals surface area contributed by atoms with E-state index in [0.29, 0.717) is 22.7 Å². The minimum absolute atomic E-state index is 0.192. The average molecular weight is 394 g/mol. The smallest absolute Gasteiger partial charge is 0.406 e. The lowest BCUT2D eigenvalue weighted by Gasteiger charge is -2.39. The fourth-order valence-corrected chi connectivity index (χ4v) is 3.17. The van der Waals surface area contributed by atoms with E-state index in [4.69, 9.17) is 9.47 Å². The molecule has 0 radical (unpaired) electrons. The summed E-state index contributed by atoms with van der Waals surface area (Å²) in [5.41, 5.74) is 1.05. The number of nitrogens with one attached hydrogen (secondary N) is 1. The number of ether oxygens (including phenoxy) is 2. The molecule has 1 amide bonds. The fourth-order valence-electron chi connectivity index (χ4n) is 3.17. The van der Waals surface area contributed by atoms with E-state index < -0.39 is 24.8 Å². The Morgan fingerprint density at radius 3 is 2.50 bits per heavy atom. The van der Waals surface area contributed by atoms with Gasteiger partial charge in [-0.3, -0.25) is 4.79 Å². The summed E-state index contributed by atoms with van der Waals surface area (Å²) < 4.78 is 50.9. The summed E-state index contributed by atoms with van der Waals surface area (Å²) >= 11 is 0. The topological polar surface area (TPSA) is 50.8 Å². The van der Waals surface area contributed by atoms with E-state index in [1.807, 2.05) is 0 Å². The van der Waals surface area contributed by atoms with E-state index >= 15 is 0 Å². The summed E-state index contributed by atoms with van der Waals surface area (Å²) in [5, 5.41) is 3.05. The molecule has 0 saturated carbocycles. The van der Waals surface area contributed by atoms with Crippen molar-refractivity contribution in [3.63, 3.8) is 0 Å². The summed E-state index contributed by atoms with van der Waals surface area (Å²) in [6.07, 6.45) is -5.86. The highest BCUT2D eigenvalue weighted by Gasteiger charge is 2.41. The zero-order valence-electron chi connectivity index (χ0n) is 15.7. The van der Waals surface area contributed by atoms with Gasteiger partial charge in [-0.25, -0.2) is 0 Å². The minimum atomic E-state index is -4.56. The van der Waals surface area contributed by atoms with E-state index in [-0.39, 0.29) is 11.7 Å². The molecule has 0 spiro atoms. The van der Waals surface area contributed by atoms with Gasteiger partial charge in [-0.2, -0.15) is 13.2 Å². The molecule has 150 valence electrons. The second-order valence-corrected chi connectivity index (χ2v) is 6.69. The van der Waals surface area contributed by atoms with Crippen molar-refractivity contribution in [2.24, 2.45) is 0 Å². The number of hydrogen-bond acceptors (Lipinski definition) is 4. The molecule has 0 unspecified atom stereocenters. The highest BCUT2D eigenvalue weighted by molar-refractivity contribution is 6.01. The molecular weight excluding hydrogens is 373 g/mol. The quantitative estimate of drug-likeness (QED) is 0.805. The van der Waals surface area contributed by atoms with Crippen molar-refractivity contribution in [1.82, 2.24) is 4.90 Å². The zero-order valence-corrected chi connectivity index (χ0v) is 15.7. The Hall–Kier alpha value is -2.90. The molecular formula is C20H21F3N2O3. The summed E-state index contributed by atoms with van der Waals surface area (Å²) in [7, 11) is 1.45. The third kappa shape index (κ3) is 4.00. The van der Waals surface area contributed by atoms with Crippen LogP contribution >= 0.6 is 0 Å². The monoisotopic (exact) mass is 394 g/mol. The number of nitrogens with zero attached hydrogens (tertiary/aromatic N) is 1. The summed E-state index contributed by atoms with van der Waals surface area (Å²) in [6.45, 7) is 2.22. The van der Waals surface area contributed by atoms with Crippen LogP contribution in [0.4, 0.5) is 18.9 Å². The lowest BCUT2D eigenvalue weighted by atomic mass is 10.0. The van der Waals surface area contributed by atoms with Crippen molar-refractivity contribution in [2.45, 2.75) is 32.3 Å². The zero-order chi connectivity index (χ0) is 20.5. The standard InChI is InChI=1S/C20H21F3N2O3/c1-12(2)28-17-14(8-6-10-16(17)27-3)18-24-15-9-5-4-7-13(15)19(26)25(18)11-20(21,22)23/h4-10,12,18,24H,11H2,1-3H3/t18-/m0/s1. The highest BCUT2D eigenvalue weighted by atomic mass is 19.4. The van der Waals surface area contributed by atoms with Crippen molar-refractivity contribution < 1.29 is 27.4 Å². The minimum Gasteiger partial charge on any atom is -0.493 e. The van der Waals surface area contributed by atoms with Crippen LogP contribution in [0.3, 0.4) is 0 Å². The highest BCUT2D eigenvalue weighted by Crippen LogP contribution is 2.42. The van der Waals surface area contributed by atoms with Crippen LogP contribution in [0.1, 0.15) is 35.9 Å². The molecule has 28 heavy (non-hydrogen) atoms. The van der Waals surface area contributed by atoms with Gasteiger partial charge in [-0.1, -0.05) is 24.3 Å². The van der Waals surface area contributed by atoms with Gasteiger partial charge in [-0.05, 0) is 32.0 Å². The predicted molar refractivity (Wildman–Crippen MR) is 98.7 cm³/mol. The van der Waals surface area contributed by atoms with Crippen LogP contribution in [0.25, 0.3) is 0 Å². The molecule has 1 aliphatic rings. The number of para-hydroxylation sites is 2. The Morgan fingerprint density at radius 2 is 1.86 bits per heavy atom. The largest absolute Gasteiger partial charge is 0.493 e. The molecule has 0 bridgehead atoms. The number of methoxy groups -OCH3 is 1. The maximum atomic E-state index is 13.3. The maximum Gasteiger partial charge on any atom is 0.406 e. The van der Waals surface area contributed by atoms with Crippen LogP contribution < -0.4 is 14.8 Å².